The highest BCUT2D eigenvalue weighted by atomic mass is 19.1. The van der Waals surface area contributed by atoms with Gasteiger partial charge in [0, 0.05) is 36.8 Å². The largest absolute Gasteiger partial charge is 0.477 e. The highest BCUT2D eigenvalue weighted by Gasteiger charge is 2.24. The third kappa shape index (κ3) is 4.77. The molecule has 32 heavy (non-hydrogen) atoms. The van der Waals surface area contributed by atoms with Crippen molar-refractivity contribution in [1.82, 2.24) is 20.1 Å². The van der Waals surface area contributed by atoms with Crippen LogP contribution >= 0.6 is 0 Å². The number of hydrogen-bond acceptors (Lipinski definition) is 6. The summed E-state index contributed by atoms with van der Waals surface area (Å²) in [4.78, 5) is 27.7. The minimum absolute atomic E-state index is 0.0860. The number of nitrogens with zero attached hydrogens (tertiary/aromatic N) is 3. The van der Waals surface area contributed by atoms with E-state index < -0.39 is 12.0 Å². The summed E-state index contributed by atoms with van der Waals surface area (Å²) in [5.74, 6) is -0.0931. The van der Waals surface area contributed by atoms with Crippen LogP contribution in [0.1, 0.15) is 25.5 Å². The maximum absolute atomic E-state index is 13.5. The van der Waals surface area contributed by atoms with Crippen molar-refractivity contribution < 1.29 is 23.5 Å². The van der Waals surface area contributed by atoms with E-state index in [1.165, 1.54) is 12.1 Å². The minimum atomic E-state index is -0.758. The van der Waals surface area contributed by atoms with Gasteiger partial charge in [0.05, 0.1) is 18.8 Å². The molecule has 0 unspecified atom stereocenters. The zero-order valence-electron chi connectivity index (χ0n) is 17.6. The van der Waals surface area contributed by atoms with Gasteiger partial charge in [0.1, 0.15) is 11.5 Å². The minimum Gasteiger partial charge on any atom is -0.477 e. The van der Waals surface area contributed by atoms with Crippen LogP contribution in [0.25, 0.3) is 22.4 Å². The van der Waals surface area contributed by atoms with E-state index in [1.54, 1.807) is 25.3 Å². The number of imide groups is 1. The molecule has 0 bridgehead atoms. The van der Waals surface area contributed by atoms with Crippen molar-refractivity contribution in [3.05, 3.63) is 54.1 Å². The van der Waals surface area contributed by atoms with E-state index in [2.05, 4.69) is 10.3 Å². The molecule has 0 fully saturated rings. The fraction of sp³-hybridized carbons (Fsp3) is 0.304. The Bertz CT molecular complexity index is 1130. The highest BCUT2D eigenvalue weighted by molar-refractivity contribution is 5.91. The molecule has 0 saturated heterocycles. The van der Waals surface area contributed by atoms with Crippen molar-refractivity contribution in [3.8, 4) is 28.3 Å². The van der Waals surface area contributed by atoms with Crippen molar-refractivity contribution in [2.75, 3.05) is 13.2 Å². The highest BCUT2D eigenvalue weighted by Crippen LogP contribution is 2.40. The van der Waals surface area contributed by atoms with E-state index in [0.29, 0.717) is 30.3 Å². The standard InChI is InChI=1S/C23H23FN4O4/c1-2-31-23(30)26-19(29)9-8-18-14-16(10-11-25-18)20-21(15-4-6-17(24)7-5-15)27-28-12-3-13-32-22(20)28/h4-7,10-11,14H,2-3,8-9,12-13H2,1H3,(H,26,29,30). The molecule has 0 spiro atoms. The van der Waals surface area contributed by atoms with E-state index in [4.69, 9.17) is 14.6 Å². The second-order valence-electron chi connectivity index (χ2n) is 7.27. The summed E-state index contributed by atoms with van der Waals surface area (Å²) < 4.78 is 25.9. The van der Waals surface area contributed by atoms with Crippen molar-refractivity contribution >= 4 is 12.0 Å². The van der Waals surface area contributed by atoms with Crippen LogP contribution < -0.4 is 10.1 Å². The molecule has 166 valence electrons. The van der Waals surface area contributed by atoms with Gasteiger partial charge < -0.3 is 9.47 Å². The summed E-state index contributed by atoms with van der Waals surface area (Å²) in [6, 6.07) is 9.91. The lowest BCUT2D eigenvalue weighted by molar-refractivity contribution is -0.120. The van der Waals surface area contributed by atoms with E-state index in [9.17, 15) is 14.0 Å². The van der Waals surface area contributed by atoms with Gasteiger partial charge in [0.25, 0.3) is 0 Å². The topological polar surface area (TPSA) is 95.3 Å². The number of carbonyl (C=O) groups excluding carboxylic acids is 2. The quantitative estimate of drug-likeness (QED) is 0.630. The molecule has 0 radical (unpaired) electrons. The van der Waals surface area contributed by atoms with Gasteiger partial charge >= 0.3 is 6.09 Å². The molecule has 2 aromatic heterocycles. The summed E-state index contributed by atoms with van der Waals surface area (Å²) in [7, 11) is 0. The van der Waals surface area contributed by atoms with Gasteiger partial charge in [-0.1, -0.05) is 0 Å². The number of hydrogen-bond donors (Lipinski definition) is 1. The fourth-order valence-electron chi connectivity index (χ4n) is 3.55. The van der Waals surface area contributed by atoms with Gasteiger partial charge in [0.2, 0.25) is 11.8 Å². The second kappa shape index (κ2) is 9.59. The number of fused-ring (bicyclic) bond motifs is 1. The van der Waals surface area contributed by atoms with Crippen molar-refractivity contribution in [1.29, 1.82) is 0 Å². The second-order valence-corrected chi connectivity index (χ2v) is 7.27. The van der Waals surface area contributed by atoms with Crippen molar-refractivity contribution in [3.63, 3.8) is 0 Å². The van der Waals surface area contributed by atoms with Crippen LogP contribution in [-0.2, 0) is 22.5 Å². The van der Waals surface area contributed by atoms with Crippen LogP contribution in [-0.4, -0.2) is 40.0 Å². The van der Waals surface area contributed by atoms with Crippen LogP contribution in [0.5, 0.6) is 5.88 Å². The van der Waals surface area contributed by atoms with Crippen LogP contribution in [0.4, 0.5) is 9.18 Å². The van der Waals surface area contributed by atoms with E-state index in [-0.39, 0.29) is 18.8 Å². The molecule has 9 heteroatoms. The lowest BCUT2D eigenvalue weighted by Gasteiger charge is -2.16. The molecule has 8 nitrogen and oxygen atoms in total. The normalized spacial score (nSPS) is 12.6. The summed E-state index contributed by atoms with van der Waals surface area (Å²) in [6.07, 6.45) is 2.19. The molecule has 4 rings (SSSR count). The predicted molar refractivity (Wildman–Crippen MR) is 114 cm³/mol. The average molecular weight is 438 g/mol. The fourth-order valence-corrected chi connectivity index (χ4v) is 3.55. The van der Waals surface area contributed by atoms with Gasteiger partial charge in [-0.2, -0.15) is 5.10 Å². The first-order chi connectivity index (χ1) is 15.5. The number of carbonyl (C=O) groups is 2. The SMILES string of the molecule is CCOC(=O)NC(=O)CCc1cc(-c2c(-c3ccc(F)cc3)nn3c2OCCC3)ccn1. The van der Waals surface area contributed by atoms with Crippen LogP contribution in [0, 0.1) is 5.82 Å². The number of aromatic nitrogens is 3. The first kappa shape index (κ1) is 21.5. The molecule has 1 aliphatic heterocycles. The molecular weight excluding hydrogens is 415 g/mol. The Morgan fingerprint density at radius 1 is 1.22 bits per heavy atom. The Labute approximate surface area is 184 Å². The van der Waals surface area contributed by atoms with Gasteiger partial charge in [-0.25, -0.2) is 13.9 Å². The first-order valence-corrected chi connectivity index (χ1v) is 10.5. The van der Waals surface area contributed by atoms with Crippen molar-refractivity contribution in [2.45, 2.75) is 32.7 Å². The van der Waals surface area contributed by atoms with Crippen molar-refractivity contribution in [2.24, 2.45) is 0 Å². The van der Waals surface area contributed by atoms with E-state index in [0.717, 1.165) is 29.7 Å². The zero-order valence-corrected chi connectivity index (χ0v) is 17.6. The predicted octanol–water partition coefficient (Wildman–Crippen LogP) is 3.74. The van der Waals surface area contributed by atoms with Crippen LogP contribution in [0.2, 0.25) is 0 Å². The Morgan fingerprint density at radius 2 is 2.03 bits per heavy atom. The third-order valence-corrected chi connectivity index (χ3v) is 5.01. The molecule has 1 N–H and O–H groups in total. The average Bonchev–Trinajstić information content (AvgIpc) is 3.18. The molecule has 3 aromatic rings. The maximum atomic E-state index is 13.5. The molecule has 0 saturated carbocycles. The Morgan fingerprint density at radius 3 is 2.81 bits per heavy atom. The molecule has 1 aromatic carbocycles. The monoisotopic (exact) mass is 438 g/mol. The number of nitrogens with one attached hydrogen (secondary N) is 1. The summed E-state index contributed by atoms with van der Waals surface area (Å²) >= 11 is 0. The van der Waals surface area contributed by atoms with Gasteiger partial charge in [-0.3, -0.25) is 15.1 Å². The number of amides is 2. The number of pyridine rings is 1. The number of rotatable bonds is 6. The van der Waals surface area contributed by atoms with Gasteiger partial charge in [0.15, 0.2) is 0 Å². The van der Waals surface area contributed by atoms with Crippen LogP contribution in [0.15, 0.2) is 42.6 Å². The van der Waals surface area contributed by atoms with Gasteiger partial charge in [-0.15, -0.1) is 0 Å². The molecular formula is C23H23FN4O4. The number of halogens is 1. The third-order valence-electron chi connectivity index (χ3n) is 5.01. The Hall–Kier alpha value is -3.75. The Balaban J connectivity index is 1.61. The lowest BCUT2D eigenvalue weighted by atomic mass is 10.0. The molecule has 0 aliphatic carbocycles. The lowest BCUT2D eigenvalue weighted by Crippen LogP contribution is -2.31. The number of alkyl carbamates (subject to hydrolysis) is 1. The summed E-state index contributed by atoms with van der Waals surface area (Å²) in [5.41, 5.74) is 3.79. The maximum Gasteiger partial charge on any atom is 0.413 e. The zero-order chi connectivity index (χ0) is 22.5. The van der Waals surface area contributed by atoms with E-state index in [1.807, 2.05) is 16.8 Å². The summed E-state index contributed by atoms with van der Waals surface area (Å²) in [6.45, 7) is 3.18. The van der Waals surface area contributed by atoms with Gasteiger partial charge in [-0.05, 0) is 55.3 Å². The first-order valence-electron chi connectivity index (χ1n) is 10.5. The molecule has 0 atom stereocenters. The summed E-state index contributed by atoms with van der Waals surface area (Å²) in [5, 5.41) is 6.89. The van der Waals surface area contributed by atoms with E-state index >= 15 is 0 Å². The molecule has 3 heterocycles. The number of ether oxygens (including phenoxy) is 2. The Kier molecular flexibility index (Phi) is 6.44. The number of benzene rings is 1. The number of aryl methyl sites for hydroxylation is 2. The smallest absolute Gasteiger partial charge is 0.413 e. The van der Waals surface area contributed by atoms with Crippen LogP contribution in [0.3, 0.4) is 0 Å². The molecule has 1 aliphatic rings. The molecule has 2 amide bonds.